The molecule has 1 rings (SSSR count). The number of nitrogens with one attached hydrogen (secondary N) is 2. The zero-order valence-electron chi connectivity index (χ0n) is 11.5. The van der Waals surface area contributed by atoms with Gasteiger partial charge in [0.2, 0.25) is 0 Å². The van der Waals surface area contributed by atoms with Gasteiger partial charge < -0.3 is 15.5 Å². The van der Waals surface area contributed by atoms with Crippen LogP contribution in [0.15, 0.2) is 18.3 Å². The lowest BCUT2D eigenvalue weighted by Gasteiger charge is -2.28. The lowest BCUT2D eigenvalue weighted by atomic mass is 9.93. The fraction of sp³-hybridized carbons (Fsp3) is 0.615. The number of hydrogen-bond donors (Lipinski definition) is 2. The zero-order chi connectivity index (χ0) is 12.9. The second-order valence-corrected chi connectivity index (χ2v) is 5.44. The summed E-state index contributed by atoms with van der Waals surface area (Å²) in [6.45, 7) is 6.53. The normalized spacial score (nSPS) is 11.6. The van der Waals surface area contributed by atoms with Crippen LogP contribution in [0.25, 0.3) is 0 Å². The number of pyridine rings is 1. The van der Waals surface area contributed by atoms with E-state index in [2.05, 4.69) is 48.5 Å². The molecule has 0 unspecified atom stereocenters. The standard InChI is InChI=1S/C13H24N4/c1-13(2,10-17(4)5)9-16-11-6-7-15-12(8-11)14-3/h6-8H,9-10H2,1-5H3,(H2,14,15,16). The summed E-state index contributed by atoms with van der Waals surface area (Å²) in [5.41, 5.74) is 1.35. The van der Waals surface area contributed by atoms with Crippen LogP contribution in [0.5, 0.6) is 0 Å². The first-order chi connectivity index (χ1) is 7.93. The van der Waals surface area contributed by atoms with E-state index in [1.807, 2.05) is 25.4 Å². The molecule has 2 N–H and O–H groups in total. The van der Waals surface area contributed by atoms with E-state index in [9.17, 15) is 0 Å². The van der Waals surface area contributed by atoms with Gasteiger partial charge in [0.1, 0.15) is 5.82 Å². The lowest BCUT2D eigenvalue weighted by molar-refractivity contribution is 0.254. The van der Waals surface area contributed by atoms with Gasteiger partial charge in [0.25, 0.3) is 0 Å². The van der Waals surface area contributed by atoms with E-state index in [1.54, 1.807) is 0 Å². The molecule has 0 bridgehead atoms. The summed E-state index contributed by atoms with van der Waals surface area (Å²) in [6, 6.07) is 4.01. The third kappa shape index (κ3) is 5.04. The first-order valence-electron chi connectivity index (χ1n) is 5.95. The summed E-state index contributed by atoms with van der Waals surface area (Å²) < 4.78 is 0. The first kappa shape index (κ1) is 13.8. The van der Waals surface area contributed by atoms with Crippen LogP contribution in [0.4, 0.5) is 11.5 Å². The van der Waals surface area contributed by atoms with E-state index in [0.29, 0.717) is 0 Å². The van der Waals surface area contributed by atoms with Crippen molar-refractivity contribution >= 4 is 11.5 Å². The molecule has 0 amide bonds. The first-order valence-corrected chi connectivity index (χ1v) is 5.95. The van der Waals surface area contributed by atoms with E-state index in [-0.39, 0.29) is 5.41 Å². The average molecular weight is 236 g/mol. The molecule has 0 spiro atoms. The van der Waals surface area contributed by atoms with Gasteiger partial charge in [-0.25, -0.2) is 4.98 Å². The molecule has 17 heavy (non-hydrogen) atoms. The molecule has 1 heterocycles. The van der Waals surface area contributed by atoms with Crippen molar-refractivity contribution in [1.29, 1.82) is 0 Å². The minimum atomic E-state index is 0.243. The van der Waals surface area contributed by atoms with Crippen LogP contribution in [-0.4, -0.2) is 44.1 Å². The average Bonchev–Trinajstić information content (AvgIpc) is 2.25. The van der Waals surface area contributed by atoms with Crippen LogP contribution >= 0.6 is 0 Å². The van der Waals surface area contributed by atoms with Crippen molar-refractivity contribution in [2.45, 2.75) is 13.8 Å². The Bertz CT molecular complexity index is 347. The smallest absolute Gasteiger partial charge is 0.127 e. The molecule has 0 atom stereocenters. The molecule has 0 radical (unpaired) electrons. The molecule has 1 aromatic rings. The molecule has 0 aromatic carbocycles. The maximum Gasteiger partial charge on any atom is 0.127 e. The van der Waals surface area contributed by atoms with Crippen LogP contribution in [0, 0.1) is 5.41 Å². The van der Waals surface area contributed by atoms with Gasteiger partial charge in [0.05, 0.1) is 0 Å². The number of hydrogen-bond acceptors (Lipinski definition) is 4. The fourth-order valence-corrected chi connectivity index (χ4v) is 1.93. The van der Waals surface area contributed by atoms with E-state index in [1.165, 1.54) is 0 Å². The summed E-state index contributed by atoms with van der Waals surface area (Å²) in [5.74, 6) is 0.889. The van der Waals surface area contributed by atoms with Crippen molar-refractivity contribution in [1.82, 2.24) is 9.88 Å². The minimum absolute atomic E-state index is 0.243. The Labute approximate surface area is 104 Å². The van der Waals surface area contributed by atoms with Crippen LogP contribution in [0.3, 0.4) is 0 Å². The van der Waals surface area contributed by atoms with E-state index < -0.39 is 0 Å². The molecule has 4 heteroatoms. The van der Waals surface area contributed by atoms with E-state index in [4.69, 9.17) is 0 Å². The monoisotopic (exact) mass is 236 g/mol. The van der Waals surface area contributed by atoms with Gasteiger partial charge in [0.15, 0.2) is 0 Å². The lowest BCUT2D eigenvalue weighted by Crippen LogP contribution is -2.34. The summed E-state index contributed by atoms with van der Waals surface area (Å²) in [6.07, 6.45) is 1.81. The van der Waals surface area contributed by atoms with Crippen LogP contribution in [0.1, 0.15) is 13.8 Å². The highest BCUT2D eigenvalue weighted by Crippen LogP contribution is 2.18. The molecule has 96 valence electrons. The number of nitrogens with zero attached hydrogens (tertiary/aromatic N) is 2. The van der Waals surface area contributed by atoms with Crippen molar-refractivity contribution in [3.63, 3.8) is 0 Å². The highest BCUT2D eigenvalue weighted by Gasteiger charge is 2.18. The largest absolute Gasteiger partial charge is 0.384 e. The molecular weight excluding hydrogens is 212 g/mol. The van der Waals surface area contributed by atoms with Gasteiger partial charge >= 0.3 is 0 Å². The fourth-order valence-electron chi connectivity index (χ4n) is 1.93. The molecule has 0 fully saturated rings. The van der Waals surface area contributed by atoms with Crippen LogP contribution < -0.4 is 10.6 Å². The SMILES string of the molecule is CNc1cc(NCC(C)(C)CN(C)C)ccn1. The second kappa shape index (κ2) is 5.87. The number of rotatable bonds is 6. The molecule has 4 nitrogen and oxygen atoms in total. The van der Waals surface area contributed by atoms with Gasteiger partial charge in [-0.05, 0) is 25.6 Å². The molecular formula is C13H24N4. The molecule has 0 aliphatic carbocycles. The molecule has 1 aromatic heterocycles. The second-order valence-electron chi connectivity index (χ2n) is 5.44. The third-order valence-electron chi connectivity index (χ3n) is 2.53. The number of aromatic nitrogens is 1. The van der Waals surface area contributed by atoms with Gasteiger partial charge in [-0.15, -0.1) is 0 Å². The Kier molecular flexibility index (Phi) is 4.75. The summed E-state index contributed by atoms with van der Waals surface area (Å²) in [7, 11) is 6.09. The Balaban J connectivity index is 2.54. The topological polar surface area (TPSA) is 40.2 Å². The van der Waals surface area contributed by atoms with Crippen molar-refractivity contribution in [2.75, 3.05) is 44.9 Å². The van der Waals surface area contributed by atoms with E-state index >= 15 is 0 Å². The van der Waals surface area contributed by atoms with Crippen molar-refractivity contribution < 1.29 is 0 Å². The van der Waals surface area contributed by atoms with Gasteiger partial charge in [-0.2, -0.15) is 0 Å². The highest BCUT2D eigenvalue weighted by molar-refractivity contribution is 5.51. The van der Waals surface area contributed by atoms with Crippen LogP contribution in [-0.2, 0) is 0 Å². The maximum absolute atomic E-state index is 4.19. The van der Waals surface area contributed by atoms with Crippen LogP contribution in [0.2, 0.25) is 0 Å². The Morgan fingerprint density at radius 2 is 2.06 bits per heavy atom. The molecule has 0 aliphatic heterocycles. The van der Waals surface area contributed by atoms with Gasteiger partial charge in [0, 0.05) is 38.1 Å². The quantitative estimate of drug-likeness (QED) is 0.794. The zero-order valence-corrected chi connectivity index (χ0v) is 11.5. The van der Waals surface area contributed by atoms with Gasteiger partial charge in [-0.1, -0.05) is 13.8 Å². The third-order valence-corrected chi connectivity index (χ3v) is 2.53. The summed E-state index contributed by atoms with van der Waals surface area (Å²) >= 11 is 0. The highest BCUT2D eigenvalue weighted by atomic mass is 15.1. The predicted molar refractivity (Wildman–Crippen MR) is 74.6 cm³/mol. The van der Waals surface area contributed by atoms with Crippen molar-refractivity contribution in [2.24, 2.45) is 5.41 Å². The molecule has 0 saturated heterocycles. The Hall–Kier alpha value is -1.29. The predicted octanol–water partition coefficient (Wildman–Crippen LogP) is 2.12. The summed E-state index contributed by atoms with van der Waals surface area (Å²) in [4.78, 5) is 6.41. The van der Waals surface area contributed by atoms with E-state index in [0.717, 1.165) is 24.6 Å². The maximum atomic E-state index is 4.19. The minimum Gasteiger partial charge on any atom is -0.384 e. The Morgan fingerprint density at radius 3 is 2.65 bits per heavy atom. The van der Waals surface area contributed by atoms with Crippen molar-refractivity contribution in [3.05, 3.63) is 18.3 Å². The molecule has 0 saturated carbocycles. The Morgan fingerprint density at radius 1 is 1.35 bits per heavy atom. The molecule has 0 aliphatic rings. The summed E-state index contributed by atoms with van der Waals surface area (Å²) in [5, 5.41) is 6.50. The van der Waals surface area contributed by atoms with Gasteiger partial charge in [-0.3, -0.25) is 0 Å². The number of anilines is 2. The van der Waals surface area contributed by atoms with Crippen molar-refractivity contribution in [3.8, 4) is 0 Å².